The van der Waals surface area contributed by atoms with E-state index < -0.39 is 57.2 Å². The maximum atomic E-state index is 13.5. The van der Waals surface area contributed by atoms with E-state index >= 15 is 0 Å². The van der Waals surface area contributed by atoms with Crippen molar-refractivity contribution in [2.45, 2.75) is 63.4 Å². The molecule has 5 rings (SSSR count). The van der Waals surface area contributed by atoms with E-state index in [1.165, 1.54) is 26.2 Å². The molecule has 9 N–H and O–H groups in total. The number of β-lactam (4-membered cyclic amide) rings is 1. The van der Waals surface area contributed by atoms with Crippen molar-refractivity contribution in [2.75, 3.05) is 5.73 Å². The van der Waals surface area contributed by atoms with Crippen LogP contribution in [0.15, 0.2) is 58.0 Å². The summed E-state index contributed by atoms with van der Waals surface area (Å²) in [6.45, 7) is 4.37. The Kier molecular flexibility index (Phi) is 9.85. The first kappa shape index (κ1) is 36.1. The van der Waals surface area contributed by atoms with Crippen molar-refractivity contribution >= 4 is 61.9 Å². The molecule has 18 nitrogen and oxygen atoms in total. The third-order valence-electron chi connectivity index (χ3n) is 8.19. The van der Waals surface area contributed by atoms with Crippen LogP contribution in [0, 0.1) is 0 Å². The lowest BCUT2D eigenvalue weighted by Gasteiger charge is -2.50. The fraction of sp³-hybridized carbons (Fsp3) is 0.333. The molecular weight excluding hydrogens is 697 g/mol. The molecule has 20 heteroatoms. The molecule has 1 fully saturated rings. The normalized spacial score (nSPS) is 20.2. The number of aliphatic carboxylic acids is 1. The van der Waals surface area contributed by atoms with Crippen LogP contribution < -0.4 is 27.3 Å². The van der Waals surface area contributed by atoms with Gasteiger partial charge in [-0.15, -0.1) is 15.6 Å². The van der Waals surface area contributed by atoms with E-state index in [2.05, 4.69) is 24.7 Å². The Morgan fingerprint density at radius 2 is 1.94 bits per heavy atom. The Labute approximate surface area is 289 Å². The number of nitrogens with one attached hydrogen (secondary N) is 1. The first-order valence-corrected chi connectivity index (χ1v) is 17.1. The van der Waals surface area contributed by atoms with Gasteiger partial charge in [-0.3, -0.25) is 14.1 Å². The molecule has 50 heavy (non-hydrogen) atoms. The zero-order chi connectivity index (χ0) is 36.6. The fourth-order valence-corrected chi connectivity index (χ4v) is 6.24. The molecule has 3 aromatic rings. The zero-order valence-electron chi connectivity index (χ0n) is 26.9. The Hall–Kier alpha value is -5.15. The number of fused-ring (bicyclic) bond motifs is 1. The molecule has 1 aromatic heterocycles. The van der Waals surface area contributed by atoms with Gasteiger partial charge in [0.1, 0.15) is 23.3 Å². The highest BCUT2D eigenvalue weighted by atomic mass is 32.3. The number of amides is 2. The van der Waals surface area contributed by atoms with Crippen LogP contribution in [-0.2, 0) is 46.9 Å². The molecule has 0 spiro atoms. The molecule has 0 bridgehead atoms. The third kappa shape index (κ3) is 7.38. The van der Waals surface area contributed by atoms with Gasteiger partial charge in [-0.2, -0.15) is 13.5 Å². The lowest BCUT2D eigenvalue weighted by Crippen LogP contribution is -2.76. The number of aryl methyl sites for hydroxylation is 1. The molecule has 0 aliphatic carbocycles. The number of aliphatic imine (C=N–C) groups is 1. The van der Waals surface area contributed by atoms with Gasteiger partial charge >= 0.3 is 16.4 Å². The summed E-state index contributed by atoms with van der Waals surface area (Å²) in [7, 11) is -5.03. The topological polar surface area (TPSA) is 284 Å². The Morgan fingerprint density at radius 3 is 2.52 bits per heavy atom. The van der Waals surface area contributed by atoms with Gasteiger partial charge in [-0.1, -0.05) is 17.3 Å². The van der Waals surface area contributed by atoms with E-state index in [1.54, 1.807) is 30.3 Å². The number of nitrogen functional groups attached to an aromatic ring is 1. The molecule has 3 heterocycles. The van der Waals surface area contributed by atoms with Crippen molar-refractivity contribution in [3.05, 3.63) is 70.2 Å². The van der Waals surface area contributed by atoms with Crippen molar-refractivity contribution in [1.82, 2.24) is 15.4 Å². The number of thiazole rings is 1. The molecule has 2 aromatic carbocycles. The monoisotopic (exact) mass is 730 g/mol. The minimum Gasteiger partial charge on any atom is -0.485 e. The number of carboxylic acids is 1. The standard InChI is InChI=1S/C30H34N8O10S2/c1-29(2)23(26(40)38(29)48-50(43,44)45)36-25(39)22(19-14-49-28(33)35-19)37-47-30(3,27(41)42)21-11-7-16-12-17(6-10-20(16)46-21)24(32)34-18-8-4-15(13-31)5-9-18/h4-6,8-10,12,14,21,23H,7,11,13,31H2,1-3H3,(H2,32,34)(H2,33,35)(H,36,39)(H,41,42)(H,43,44,45)/b37-22-/t21-,23-,30?/m1/s1. The number of anilines is 1. The number of nitrogens with zero attached hydrogens (tertiary/aromatic N) is 4. The van der Waals surface area contributed by atoms with E-state index in [4.69, 9.17) is 31.3 Å². The van der Waals surface area contributed by atoms with Crippen molar-refractivity contribution < 1.29 is 46.3 Å². The second kappa shape index (κ2) is 13.6. The number of aromatic nitrogens is 1. The van der Waals surface area contributed by atoms with E-state index in [9.17, 15) is 27.9 Å². The predicted octanol–water partition coefficient (Wildman–Crippen LogP) is 1.02. The summed E-state index contributed by atoms with van der Waals surface area (Å²) in [5.74, 6) is -2.83. The number of rotatable bonds is 12. The SMILES string of the molecule is CC(O/N=C(\C(=O)N[C@@H]1C(=O)N(OS(=O)(=O)O)C1(C)C)c1csc(N)n1)(C(=O)O)[C@H]1CCc2cc(C(N)=Nc3ccc(CN)cc3)ccc2O1. The van der Waals surface area contributed by atoms with Crippen molar-refractivity contribution in [1.29, 1.82) is 0 Å². The second-order valence-electron chi connectivity index (χ2n) is 12.0. The molecule has 3 atom stereocenters. The number of benzene rings is 2. The Morgan fingerprint density at radius 1 is 1.24 bits per heavy atom. The smallest absolute Gasteiger partial charge is 0.418 e. The Balaban J connectivity index is 1.35. The quantitative estimate of drug-likeness (QED) is 0.0499. The molecule has 1 unspecified atom stereocenters. The summed E-state index contributed by atoms with van der Waals surface area (Å²) < 4.78 is 41.7. The minimum absolute atomic E-state index is 0.0519. The van der Waals surface area contributed by atoms with Crippen LogP contribution in [0.2, 0.25) is 0 Å². The van der Waals surface area contributed by atoms with Gasteiger partial charge in [0.05, 0.1) is 11.2 Å². The van der Waals surface area contributed by atoms with Gasteiger partial charge in [-0.25, -0.2) is 14.8 Å². The molecule has 266 valence electrons. The molecule has 2 amide bonds. The van der Waals surface area contributed by atoms with Crippen LogP contribution in [0.25, 0.3) is 0 Å². The maximum absolute atomic E-state index is 13.5. The van der Waals surface area contributed by atoms with Gasteiger partial charge in [0.2, 0.25) is 0 Å². The molecule has 2 aliphatic heterocycles. The molecule has 0 saturated carbocycles. The summed E-state index contributed by atoms with van der Waals surface area (Å²) in [4.78, 5) is 52.8. The first-order chi connectivity index (χ1) is 23.4. The van der Waals surface area contributed by atoms with Gasteiger partial charge in [0, 0.05) is 17.5 Å². The number of carboxylic acid groups (broad SMARTS) is 1. The molecule has 0 radical (unpaired) electrons. The minimum atomic E-state index is -5.03. The second-order valence-corrected chi connectivity index (χ2v) is 13.9. The summed E-state index contributed by atoms with van der Waals surface area (Å²) in [5, 5.41) is 18.4. The number of carbonyl (C=O) groups excluding carboxylic acids is 2. The van der Waals surface area contributed by atoms with Crippen LogP contribution >= 0.6 is 11.3 Å². The first-order valence-electron chi connectivity index (χ1n) is 14.9. The van der Waals surface area contributed by atoms with Crippen molar-refractivity contribution in [2.24, 2.45) is 21.6 Å². The highest BCUT2D eigenvalue weighted by Crippen LogP contribution is 2.35. The number of hydrogen-bond donors (Lipinski definition) is 6. The molecule has 1 saturated heterocycles. The largest absolute Gasteiger partial charge is 0.485 e. The van der Waals surface area contributed by atoms with Crippen LogP contribution in [-0.4, -0.2) is 80.7 Å². The van der Waals surface area contributed by atoms with Gasteiger partial charge < -0.3 is 37.2 Å². The van der Waals surface area contributed by atoms with Crippen LogP contribution in [0.4, 0.5) is 10.8 Å². The van der Waals surface area contributed by atoms with Gasteiger partial charge in [0.25, 0.3) is 17.4 Å². The summed E-state index contributed by atoms with van der Waals surface area (Å²) in [6, 6.07) is 11.1. The summed E-state index contributed by atoms with van der Waals surface area (Å²) in [6.07, 6.45) is -0.539. The number of ether oxygens (including phenoxy) is 1. The van der Waals surface area contributed by atoms with E-state index in [0.717, 1.165) is 22.5 Å². The summed E-state index contributed by atoms with van der Waals surface area (Å²) in [5.41, 5.74) is 16.5. The fourth-order valence-electron chi connectivity index (χ4n) is 5.24. The van der Waals surface area contributed by atoms with Crippen LogP contribution in [0.1, 0.15) is 49.6 Å². The lowest BCUT2D eigenvalue weighted by molar-refractivity contribution is -0.218. The zero-order valence-corrected chi connectivity index (χ0v) is 28.5. The van der Waals surface area contributed by atoms with Gasteiger partial charge in [0.15, 0.2) is 16.9 Å². The Bertz CT molecular complexity index is 2000. The van der Waals surface area contributed by atoms with Crippen molar-refractivity contribution in [3.63, 3.8) is 0 Å². The van der Waals surface area contributed by atoms with Crippen LogP contribution in [0.5, 0.6) is 5.75 Å². The average Bonchev–Trinajstić information content (AvgIpc) is 3.50. The van der Waals surface area contributed by atoms with E-state index in [1.807, 2.05) is 12.1 Å². The average molecular weight is 731 g/mol. The number of carbonyl (C=O) groups is 3. The number of hydroxylamine groups is 2. The van der Waals surface area contributed by atoms with Gasteiger partial charge in [-0.05, 0) is 75.1 Å². The molecular formula is C30H34N8O10S2. The number of nitrogens with two attached hydrogens (primary N) is 3. The highest BCUT2D eigenvalue weighted by molar-refractivity contribution is 7.80. The molecule has 2 aliphatic rings. The van der Waals surface area contributed by atoms with E-state index in [-0.39, 0.29) is 23.1 Å². The maximum Gasteiger partial charge on any atom is 0.418 e. The van der Waals surface area contributed by atoms with Crippen molar-refractivity contribution in [3.8, 4) is 5.75 Å². The summed E-state index contributed by atoms with van der Waals surface area (Å²) >= 11 is 0.958. The predicted molar refractivity (Wildman–Crippen MR) is 180 cm³/mol. The lowest BCUT2D eigenvalue weighted by atomic mass is 9.84. The van der Waals surface area contributed by atoms with E-state index in [0.29, 0.717) is 35.0 Å². The number of oxime groups is 1. The van der Waals surface area contributed by atoms with Crippen LogP contribution in [0.3, 0.4) is 0 Å². The number of hydrogen-bond acceptors (Lipinski definition) is 14. The third-order valence-corrected chi connectivity index (χ3v) is 9.20. The number of amidine groups is 1. The highest BCUT2D eigenvalue weighted by Gasteiger charge is 2.58.